The summed E-state index contributed by atoms with van der Waals surface area (Å²) >= 11 is 0.901. The van der Waals surface area contributed by atoms with Gasteiger partial charge in [0.1, 0.15) is 17.4 Å². The minimum Gasteiger partial charge on any atom is -0.493 e. The molecule has 0 aliphatic carbocycles. The standard InChI is InChI=1S/C19H29NO8S/c1-13(2)25-17(21)16(20-18(22)26-19(3,4)5)12-14-6-8-15(9-7-14)24-10-11-29-28-27-23/h6-9,13,16,23H,10-12H2,1-5H3,(H,20,22). The Bertz CT molecular complexity index is 630. The molecule has 0 spiro atoms. The van der Waals surface area contributed by atoms with E-state index in [9.17, 15) is 9.59 Å². The number of amides is 1. The van der Waals surface area contributed by atoms with Crippen molar-refractivity contribution in [1.82, 2.24) is 5.32 Å². The smallest absolute Gasteiger partial charge is 0.408 e. The van der Waals surface area contributed by atoms with E-state index in [4.69, 9.17) is 19.5 Å². The number of alkyl carbamates (subject to hydrolysis) is 1. The van der Waals surface area contributed by atoms with Crippen molar-refractivity contribution in [3.63, 3.8) is 0 Å². The molecule has 164 valence electrons. The summed E-state index contributed by atoms with van der Waals surface area (Å²) in [6.07, 6.45) is -0.753. The maximum atomic E-state index is 12.4. The van der Waals surface area contributed by atoms with Crippen LogP contribution in [0, 0.1) is 0 Å². The maximum Gasteiger partial charge on any atom is 0.408 e. The van der Waals surface area contributed by atoms with Gasteiger partial charge in [-0.15, -0.1) is 4.33 Å². The predicted octanol–water partition coefficient (Wildman–Crippen LogP) is 3.52. The largest absolute Gasteiger partial charge is 0.493 e. The van der Waals surface area contributed by atoms with Gasteiger partial charge in [0, 0.05) is 18.5 Å². The molecule has 0 aliphatic heterocycles. The van der Waals surface area contributed by atoms with Crippen LogP contribution in [-0.4, -0.2) is 47.4 Å². The van der Waals surface area contributed by atoms with Crippen molar-refractivity contribution in [3.8, 4) is 5.75 Å². The van der Waals surface area contributed by atoms with Crippen molar-refractivity contribution in [2.45, 2.75) is 58.8 Å². The van der Waals surface area contributed by atoms with Gasteiger partial charge in [0.2, 0.25) is 0 Å². The molecule has 1 atom stereocenters. The summed E-state index contributed by atoms with van der Waals surface area (Å²) < 4.78 is 20.2. The third kappa shape index (κ3) is 11.5. The van der Waals surface area contributed by atoms with Gasteiger partial charge < -0.3 is 19.5 Å². The summed E-state index contributed by atoms with van der Waals surface area (Å²) in [6, 6.07) is 6.21. The molecule has 0 aromatic heterocycles. The molecular formula is C19H29NO8S. The summed E-state index contributed by atoms with van der Waals surface area (Å²) in [4.78, 5) is 24.5. The third-order valence-corrected chi connectivity index (χ3v) is 3.69. The zero-order chi connectivity index (χ0) is 21.9. The van der Waals surface area contributed by atoms with Gasteiger partial charge in [-0.3, -0.25) is 0 Å². The Labute approximate surface area is 175 Å². The van der Waals surface area contributed by atoms with E-state index in [-0.39, 0.29) is 12.5 Å². The first-order chi connectivity index (χ1) is 13.6. The predicted molar refractivity (Wildman–Crippen MR) is 107 cm³/mol. The molecule has 1 aromatic rings. The lowest BCUT2D eigenvalue weighted by molar-refractivity contribution is -0.432. The highest BCUT2D eigenvalue weighted by atomic mass is 32.2. The van der Waals surface area contributed by atoms with Crippen molar-refractivity contribution in [2.75, 3.05) is 12.4 Å². The molecule has 1 aromatic carbocycles. The number of ether oxygens (including phenoxy) is 3. The zero-order valence-electron chi connectivity index (χ0n) is 17.3. The van der Waals surface area contributed by atoms with E-state index in [0.29, 0.717) is 18.1 Å². The quantitative estimate of drug-likeness (QED) is 0.179. The van der Waals surface area contributed by atoms with Crippen LogP contribution < -0.4 is 10.1 Å². The van der Waals surface area contributed by atoms with Gasteiger partial charge in [-0.2, -0.15) is 0 Å². The highest BCUT2D eigenvalue weighted by Gasteiger charge is 2.26. The minimum atomic E-state index is -0.883. The van der Waals surface area contributed by atoms with Crippen molar-refractivity contribution >= 4 is 24.1 Å². The van der Waals surface area contributed by atoms with Crippen molar-refractivity contribution < 1.29 is 38.4 Å². The molecule has 1 unspecified atom stereocenters. The summed E-state index contributed by atoms with van der Waals surface area (Å²) in [5, 5.41) is 14.1. The molecule has 0 saturated carbocycles. The van der Waals surface area contributed by atoms with Crippen LogP contribution in [0.2, 0.25) is 0 Å². The van der Waals surface area contributed by atoms with Gasteiger partial charge in [-0.05, 0) is 52.3 Å². The van der Waals surface area contributed by atoms with Gasteiger partial charge in [0.05, 0.1) is 18.5 Å². The number of esters is 1. The van der Waals surface area contributed by atoms with E-state index < -0.39 is 23.7 Å². The first-order valence-corrected chi connectivity index (χ1v) is 10.0. The van der Waals surface area contributed by atoms with E-state index >= 15 is 0 Å². The topological polar surface area (TPSA) is 113 Å². The second-order valence-corrected chi connectivity index (χ2v) is 8.13. The molecular weight excluding hydrogens is 402 g/mol. The van der Waals surface area contributed by atoms with E-state index in [1.54, 1.807) is 58.9 Å². The van der Waals surface area contributed by atoms with Crippen molar-refractivity contribution in [2.24, 2.45) is 0 Å². The summed E-state index contributed by atoms with van der Waals surface area (Å²) in [6.45, 7) is 9.06. The lowest BCUT2D eigenvalue weighted by atomic mass is 10.1. The molecule has 9 nitrogen and oxygen atoms in total. The molecule has 10 heteroatoms. The highest BCUT2D eigenvalue weighted by Crippen LogP contribution is 2.15. The van der Waals surface area contributed by atoms with Gasteiger partial charge in [-0.1, -0.05) is 17.2 Å². The molecule has 1 amide bonds. The van der Waals surface area contributed by atoms with Gasteiger partial charge in [-0.25, -0.2) is 14.8 Å². The molecule has 0 bridgehead atoms. The van der Waals surface area contributed by atoms with Crippen LogP contribution >= 0.6 is 12.0 Å². The number of nitrogens with one attached hydrogen (secondary N) is 1. The SMILES string of the molecule is CC(C)OC(=O)C(Cc1ccc(OCCSOOO)cc1)NC(=O)OC(C)(C)C. The summed E-state index contributed by atoms with van der Waals surface area (Å²) in [7, 11) is 0. The van der Waals surface area contributed by atoms with E-state index in [1.807, 2.05) is 0 Å². The Kier molecular flexibility index (Phi) is 10.8. The first-order valence-electron chi connectivity index (χ1n) is 9.12. The second-order valence-electron chi connectivity index (χ2n) is 7.35. The number of hydrogen-bond acceptors (Lipinski definition) is 9. The Hall–Kier alpha value is -2.01. The van der Waals surface area contributed by atoms with Crippen molar-refractivity contribution in [1.29, 1.82) is 0 Å². The van der Waals surface area contributed by atoms with Crippen LogP contribution in [0.3, 0.4) is 0 Å². The number of carbonyl (C=O) groups is 2. The maximum absolute atomic E-state index is 12.4. The van der Waals surface area contributed by atoms with Crippen LogP contribution in [0.15, 0.2) is 24.3 Å². The highest BCUT2D eigenvalue weighted by molar-refractivity contribution is 7.94. The second kappa shape index (κ2) is 12.5. The molecule has 0 aliphatic rings. The first kappa shape index (κ1) is 25.0. The fourth-order valence-electron chi connectivity index (χ4n) is 2.16. The Morgan fingerprint density at radius 2 is 1.83 bits per heavy atom. The average Bonchev–Trinajstić information content (AvgIpc) is 2.60. The summed E-state index contributed by atoms with van der Waals surface area (Å²) in [5.41, 5.74) is 0.132. The van der Waals surface area contributed by atoms with Crippen LogP contribution in [0.5, 0.6) is 5.75 Å². The minimum absolute atomic E-state index is 0.239. The summed E-state index contributed by atoms with van der Waals surface area (Å²) in [5.74, 6) is 0.542. The molecule has 1 rings (SSSR count). The Morgan fingerprint density at radius 1 is 1.17 bits per heavy atom. The molecule has 29 heavy (non-hydrogen) atoms. The normalized spacial score (nSPS) is 12.4. The average molecular weight is 432 g/mol. The molecule has 0 saturated heterocycles. The van der Waals surface area contributed by atoms with Gasteiger partial charge in [0.25, 0.3) is 0 Å². The lowest BCUT2D eigenvalue weighted by Gasteiger charge is -2.23. The molecule has 0 fully saturated rings. The molecule has 2 N–H and O–H groups in total. The monoisotopic (exact) mass is 431 g/mol. The van der Waals surface area contributed by atoms with Crippen LogP contribution in [0.25, 0.3) is 0 Å². The van der Waals surface area contributed by atoms with Crippen LogP contribution in [0.4, 0.5) is 4.79 Å². The van der Waals surface area contributed by atoms with Crippen molar-refractivity contribution in [3.05, 3.63) is 29.8 Å². The van der Waals surface area contributed by atoms with Crippen LogP contribution in [-0.2, 0) is 30.1 Å². The lowest BCUT2D eigenvalue weighted by Crippen LogP contribution is -2.46. The Balaban J connectivity index is 2.69. The molecule has 0 radical (unpaired) electrons. The van der Waals surface area contributed by atoms with E-state index in [0.717, 1.165) is 17.6 Å². The molecule has 0 heterocycles. The third-order valence-electron chi connectivity index (χ3n) is 3.20. The number of benzene rings is 1. The van der Waals surface area contributed by atoms with E-state index in [2.05, 4.69) is 14.7 Å². The fourth-order valence-corrected chi connectivity index (χ4v) is 2.43. The van der Waals surface area contributed by atoms with E-state index in [1.165, 1.54) is 0 Å². The number of hydrogen-bond donors (Lipinski definition) is 2. The fraction of sp³-hybridized carbons (Fsp3) is 0.579. The van der Waals surface area contributed by atoms with Gasteiger partial charge in [0.15, 0.2) is 0 Å². The Morgan fingerprint density at radius 3 is 2.38 bits per heavy atom. The number of rotatable bonds is 11. The number of carbonyl (C=O) groups excluding carboxylic acids is 2. The van der Waals surface area contributed by atoms with Crippen LogP contribution in [0.1, 0.15) is 40.2 Å². The zero-order valence-corrected chi connectivity index (χ0v) is 18.1. The van der Waals surface area contributed by atoms with Gasteiger partial charge >= 0.3 is 12.1 Å².